The first-order valence-corrected chi connectivity index (χ1v) is 7.95. The number of rotatable bonds is 2. The summed E-state index contributed by atoms with van der Waals surface area (Å²) in [5.41, 5.74) is 2.82. The molecule has 120 valence electrons. The number of imidazole rings is 1. The fraction of sp³-hybridized carbons (Fsp3) is 0.375. The molecule has 0 aliphatic carbocycles. The van der Waals surface area contributed by atoms with Gasteiger partial charge in [0.2, 0.25) is 5.91 Å². The molecule has 6 nitrogen and oxygen atoms in total. The van der Waals surface area contributed by atoms with Gasteiger partial charge >= 0.3 is 0 Å². The van der Waals surface area contributed by atoms with Gasteiger partial charge in [0, 0.05) is 24.1 Å². The van der Waals surface area contributed by atoms with Crippen LogP contribution >= 0.6 is 11.6 Å². The van der Waals surface area contributed by atoms with Gasteiger partial charge in [-0.1, -0.05) is 11.6 Å². The Bertz CT molecular complexity index is 759. The number of aromatic amines is 1. The Kier molecular flexibility index (Phi) is 3.61. The third-order valence-electron chi connectivity index (χ3n) is 4.18. The highest BCUT2D eigenvalue weighted by Gasteiger charge is 2.24. The molecule has 0 unspecified atom stereocenters. The van der Waals surface area contributed by atoms with Crippen molar-refractivity contribution in [2.45, 2.75) is 19.4 Å². The van der Waals surface area contributed by atoms with Crippen molar-refractivity contribution in [1.29, 1.82) is 0 Å². The van der Waals surface area contributed by atoms with Gasteiger partial charge in [0.15, 0.2) is 11.5 Å². The summed E-state index contributed by atoms with van der Waals surface area (Å²) >= 11 is 6.29. The molecule has 0 atom stereocenters. The third kappa shape index (κ3) is 2.74. The van der Waals surface area contributed by atoms with E-state index in [9.17, 15) is 4.79 Å². The Balaban J connectivity index is 1.51. The zero-order valence-corrected chi connectivity index (χ0v) is 13.2. The molecule has 1 aromatic heterocycles. The number of carbonyl (C=O) groups excluding carboxylic acids is 1. The average Bonchev–Trinajstić information content (AvgIpc) is 3.03. The summed E-state index contributed by atoms with van der Waals surface area (Å²) in [6, 6.07) is 3.53. The van der Waals surface area contributed by atoms with Gasteiger partial charge in [-0.2, -0.15) is 0 Å². The minimum atomic E-state index is 0.0452. The van der Waals surface area contributed by atoms with Gasteiger partial charge in [-0.05, 0) is 11.6 Å². The predicted octanol–water partition coefficient (Wildman–Crippen LogP) is 1.96. The molecule has 0 spiro atoms. The molecule has 4 rings (SSSR count). The molecule has 3 heterocycles. The molecule has 7 heteroatoms. The molecular formula is C16H16ClN3O3. The van der Waals surface area contributed by atoms with Crippen LogP contribution in [-0.4, -0.2) is 40.5 Å². The van der Waals surface area contributed by atoms with Gasteiger partial charge in [-0.3, -0.25) is 4.79 Å². The highest BCUT2D eigenvalue weighted by atomic mass is 35.5. The van der Waals surface area contributed by atoms with Crippen molar-refractivity contribution >= 4 is 17.5 Å². The van der Waals surface area contributed by atoms with Crippen molar-refractivity contribution in [3.8, 4) is 11.5 Å². The van der Waals surface area contributed by atoms with E-state index in [2.05, 4.69) is 9.97 Å². The van der Waals surface area contributed by atoms with Gasteiger partial charge in [-0.25, -0.2) is 4.98 Å². The minimum Gasteiger partial charge on any atom is -0.486 e. The molecular weight excluding hydrogens is 318 g/mol. The summed E-state index contributed by atoms with van der Waals surface area (Å²) in [4.78, 5) is 21.8. The molecule has 2 aromatic rings. The normalized spacial score (nSPS) is 16.1. The fourth-order valence-corrected chi connectivity index (χ4v) is 3.16. The standard InChI is InChI=1S/C16H16ClN3O3/c17-11-7-15-14(22-3-4-23-15)5-10(11)6-16(21)20-2-1-12-13(8-20)19-9-18-12/h5,7,9H,1-4,6,8H2,(H,18,19). The van der Waals surface area contributed by atoms with Gasteiger partial charge in [0.1, 0.15) is 13.2 Å². The van der Waals surface area contributed by atoms with Gasteiger partial charge in [-0.15, -0.1) is 0 Å². The number of ether oxygens (including phenoxy) is 2. The van der Waals surface area contributed by atoms with Crippen LogP contribution in [0.25, 0.3) is 0 Å². The fourth-order valence-electron chi connectivity index (χ4n) is 2.94. The molecule has 0 saturated heterocycles. The number of hydrogen-bond donors (Lipinski definition) is 1. The first kappa shape index (κ1) is 14.4. The average molecular weight is 334 g/mol. The van der Waals surface area contributed by atoms with Gasteiger partial charge in [0.05, 0.1) is 30.7 Å². The highest BCUT2D eigenvalue weighted by Crippen LogP contribution is 2.35. The summed E-state index contributed by atoms with van der Waals surface area (Å²) in [6.07, 6.45) is 2.70. The Morgan fingerprint density at radius 1 is 1.30 bits per heavy atom. The Morgan fingerprint density at radius 3 is 2.91 bits per heavy atom. The van der Waals surface area contributed by atoms with Crippen molar-refractivity contribution in [1.82, 2.24) is 14.9 Å². The molecule has 1 aromatic carbocycles. The first-order chi connectivity index (χ1) is 11.2. The van der Waals surface area contributed by atoms with Crippen LogP contribution in [0.1, 0.15) is 17.0 Å². The van der Waals surface area contributed by atoms with E-state index in [1.54, 1.807) is 18.5 Å². The summed E-state index contributed by atoms with van der Waals surface area (Å²) in [6.45, 7) is 2.27. The molecule has 0 fully saturated rings. The van der Waals surface area contributed by atoms with E-state index in [0.717, 1.165) is 23.4 Å². The van der Waals surface area contributed by atoms with Crippen LogP contribution < -0.4 is 9.47 Å². The number of halogens is 1. The van der Waals surface area contributed by atoms with E-state index >= 15 is 0 Å². The number of benzene rings is 1. The summed E-state index contributed by atoms with van der Waals surface area (Å²) in [7, 11) is 0. The second-order valence-corrected chi connectivity index (χ2v) is 6.06. The maximum Gasteiger partial charge on any atom is 0.227 e. The number of nitrogens with zero attached hydrogens (tertiary/aromatic N) is 2. The van der Waals surface area contributed by atoms with E-state index in [1.807, 2.05) is 4.90 Å². The lowest BCUT2D eigenvalue weighted by Gasteiger charge is -2.27. The summed E-state index contributed by atoms with van der Waals surface area (Å²) < 4.78 is 11.1. The maximum absolute atomic E-state index is 12.6. The summed E-state index contributed by atoms with van der Waals surface area (Å²) in [5.74, 6) is 1.33. The van der Waals surface area contributed by atoms with Gasteiger partial charge < -0.3 is 19.4 Å². The zero-order valence-electron chi connectivity index (χ0n) is 12.5. The smallest absolute Gasteiger partial charge is 0.227 e. The SMILES string of the molecule is O=C(Cc1cc2c(cc1Cl)OCCO2)N1CCc2nc[nH]c2C1. The lowest BCUT2D eigenvalue weighted by molar-refractivity contribution is -0.131. The Labute approximate surface area is 138 Å². The van der Waals surface area contributed by atoms with Gasteiger partial charge in [0.25, 0.3) is 0 Å². The van der Waals surface area contributed by atoms with Crippen LogP contribution in [0.15, 0.2) is 18.5 Å². The number of nitrogens with one attached hydrogen (secondary N) is 1. The lowest BCUT2D eigenvalue weighted by Crippen LogP contribution is -2.37. The molecule has 0 bridgehead atoms. The maximum atomic E-state index is 12.6. The quantitative estimate of drug-likeness (QED) is 0.912. The van der Waals surface area contributed by atoms with Crippen molar-refractivity contribution in [2.75, 3.05) is 19.8 Å². The van der Waals surface area contributed by atoms with E-state index in [-0.39, 0.29) is 12.3 Å². The largest absolute Gasteiger partial charge is 0.486 e. The second-order valence-electron chi connectivity index (χ2n) is 5.66. The molecule has 2 aliphatic heterocycles. The number of H-pyrrole nitrogens is 1. The summed E-state index contributed by atoms with van der Waals surface area (Å²) in [5, 5.41) is 0.529. The topological polar surface area (TPSA) is 67.5 Å². The van der Waals surface area contributed by atoms with Crippen LogP contribution in [0.2, 0.25) is 5.02 Å². The highest BCUT2D eigenvalue weighted by molar-refractivity contribution is 6.31. The molecule has 23 heavy (non-hydrogen) atoms. The number of aromatic nitrogens is 2. The van der Waals surface area contributed by atoms with Crippen molar-refractivity contribution in [3.05, 3.63) is 40.4 Å². The molecule has 0 radical (unpaired) electrons. The van der Waals surface area contributed by atoms with Crippen molar-refractivity contribution < 1.29 is 14.3 Å². The van der Waals surface area contributed by atoms with Crippen LogP contribution in [0.5, 0.6) is 11.5 Å². The van der Waals surface area contributed by atoms with Crippen LogP contribution in [0, 0.1) is 0 Å². The number of amides is 1. The third-order valence-corrected chi connectivity index (χ3v) is 4.53. The van der Waals surface area contributed by atoms with Crippen LogP contribution in [-0.2, 0) is 24.2 Å². The number of carbonyl (C=O) groups is 1. The van der Waals surface area contributed by atoms with E-state index in [0.29, 0.717) is 42.8 Å². The number of fused-ring (bicyclic) bond motifs is 2. The first-order valence-electron chi connectivity index (χ1n) is 7.57. The van der Waals surface area contributed by atoms with E-state index in [1.165, 1.54) is 0 Å². The molecule has 0 saturated carbocycles. The molecule has 1 N–H and O–H groups in total. The van der Waals surface area contributed by atoms with Crippen LogP contribution in [0.3, 0.4) is 0 Å². The number of hydrogen-bond acceptors (Lipinski definition) is 4. The van der Waals surface area contributed by atoms with E-state index in [4.69, 9.17) is 21.1 Å². The zero-order chi connectivity index (χ0) is 15.8. The minimum absolute atomic E-state index is 0.0452. The Hall–Kier alpha value is -2.21. The van der Waals surface area contributed by atoms with E-state index < -0.39 is 0 Å². The predicted molar refractivity (Wildman–Crippen MR) is 83.9 cm³/mol. The van der Waals surface area contributed by atoms with Crippen molar-refractivity contribution in [2.24, 2.45) is 0 Å². The Morgan fingerprint density at radius 2 is 2.09 bits per heavy atom. The monoisotopic (exact) mass is 333 g/mol. The molecule has 2 aliphatic rings. The second kappa shape index (κ2) is 5.77. The lowest BCUT2D eigenvalue weighted by atomic mass is 10.1. The van der Waals surface area contributed by atoms with Crippen molar-refractivity contribution in [3.63, 3.8) is 0 Å². The van der Waals surface area contributed by atoms with Crippen LogP contribution in [0.4, 0.5) is 0 Å². The molecule has 1 amide bonds.